The van der Waals surface area contributed by atoms with Gasteiger partial charge in [0.15, 0.2) is 0 Å². The fourth-order valence-electron chi connectivity index (χ4n) is 3.50. The molecule has 1 unspecified atom stereocenters. The highest BCUT2D eigenvalue weighted by Crippen LogP contribution is 2.22. The Morgan fingerprint density at radius 3 is 2.74 bits per heavy atom. The average Bonchev–Trinajstić information content (AvgIpc) is 2.58. The van der Waals surface area contributed by atoms with Crippen LogP contribution in [-0.4, -0.2) is 48.7 Å². The van der Waals surface area contributed by atoms with Crippen LogP contribution in [0.2, 0.25) is 5.02 Å². The number of carbonyl (C=O) groups is 1. The summed E-state index contributed by atoms with van der Waals surface area (Å²) in [6.07, 6.45) is 3.04. The highest BCUT2D eigenvalue weighted by atomic mass is 35.5. The van der Waals surface area contributed by atoms with Crippen molar-refractivity contribution in [2.45, 2.75) is 43.8 Å². The predicted octanol–water partition coefficient (Wildman–Crippen LogP) is 2.91. The third kappa shape index (κ3) is 6.44. The summed E-state index contributed by atoms with van der Waals surface area (Å²) in [6.45, 7) is 3.38. The van der Waals surface area contributed by atoms with Gasteiger partial charge in [-0.1, -0.05) is 17.7 Å². The molecule has 27 heavy (non-hydrogen) atoms. The van der Waals surface area contributed by atoms with Crippen LogP contribution in [0.5, 0.6) is 0 Å². The van der Waals surface area contributed by atoms with Crippen LogP contribution < -0.4 is 11.1 Å². The van der Waals surface area contributed by atoms with Crippen LogP contribution in [-0.2, 0) is 16.1 Å². The third-order valence-corrected chi connectivity index (χ3v) is 5.44. The van der Waals surface area contributed by atoms with Crippen LogP contribution in [0, 0.1) is 5.82 Å². The average molecular weight is 443 g/mol. The molecule has 3 rings (SSSR count). The summed E-state index contributed by atoms with van der Waals surface area (Å²) in [4.78, 5) is 14.8. The standard InChI is InChI=1S/C18H25ClFN3O2.2ClH/c19-16-10-14(20)4-3-13(16)11-23-7-1-2-15(12-23)22-17(24)18(21)5-8-25-9-6-18;;/h3-4,10,15H,1-2,5-9,11-12,21H2,(H,22,24);2*1H. The maximum absolute atomic E-state index is 13.2. The highest BCUT2D eigenvalue weighted by molar-refractivity contribution is 6.31. The van der Waals surface area contributed by atoms with E-state index in [2.05, 4.69) is 10.2 Å². The minimum absolute atomic E-state index is 0. The van der Waals surface area contributed by atoms with Crippen LogP contribution in [0.3, 0.4) is 0 Å². The fourth-order valence-corrected chi connectivity index (χ4v) is 3.73. The van der Waals surface area contributed by atoms with E-state index in [1.807, 2.05) is 0 Å². The van der Waals surface area contributed by atoms with Gasteiger partial charge in [0, 0.05) is 37.4 Å². The minimum Gasteiger partial charge on any atom is -0.381 e. The topological polar surface area (TPSA) is 67.6 Å². The lowest BCUT2D eigenvalue weighted by Gasteiger charge is -2.37. The Hall–Kier alpha value is -0.630. The highest BCUT2D eigenvalue weighted by Gasteiger charge is 2.37. The van der Waals surface area contributed by atoms with Crippen LogP contribution in [0.1, 0.15) is 31.2 Å². The number of hydrogen-bond donors (Lipinski definition) is 2. The molecular formula is C18H27Cl3FN3O2. The first kappa shape index (κ1) is 24.4. The minimum atomic E-state index is -0.819. The van der Waals surface area contributed by atoms with Crippen molar-refractivity contribution in [2.24, 2.45) is 5.73 Å². The van der Waals surface area contributed by atoms with E-state index in [0.717, 1.165) is 31.5 Å². The van der Waals surface area contributed by atoms with Crippen LogP contribution in [0.4, 0.5) is 4.39 Å². The van der Waals surface area contributed by atoms with Gasteiger partial charge in [-0.3, -0.25) is 9.69 Å². The number of rotatable bonds is 4. The van der Waals surface area contributed by atoms with E-state index in [1.165, 1.54) is 12.1 Å². The van der Waals surface area contributed by atoms with Gasteiger partial charge in [-0.2, -0.15) is 0 Å². The van der Waals surface area contributed by atoms with Crippen molar-refractivity contribution in [3.05, 3.63) is 34.6 Å². The van der Waals surface area contributed by atoms with Crippen LogP contribution in [0.25, 0.3) is 0 Å². The van der Waals surface area contributed by atoms with Gasteiger partial charge in [0.05, 0.1) is 5.54 Å². The number of benzene rings is 1. The first-order valence-electron chi connectivity index (χ1n) is 8.80. The molecule has 1 aromatic carbocycles. The van der Waals surface area contributed by atoms with Crippen molar-refractivity contribution in [1.82, 2.24) is 10.2 Å². The van der Waals surface area contributed by atoms with Crippen molar-refractivity contribution in [2.75, 3.05) is 26.3 Å². The van der Waals surface area contributed by atoms with E-state index >= 15 is 0 Å². The number of likely N-dealkylation sites (tertiary alicyclic amines) is 1. The molecule has 2 saturated heterocycles. The molecule has 2 aliphatic heterocycles. The van der Waals surface area contributed by atoms with E-state index in [-0.39, 0.29) is 42.6 Å². The molecule has 0 aromatic heterocycles. The zero-order valence-electron chi connectivity index (χ0n) is 15.1. The molecule has 9 heteroatoms. The summed E-state index contributed by atoms with van der Waals surface area (Å²) in [5.41, 5.74) is 6.33. The molecule has 2 aliphatic rings. The molecule has 1 amide bonds. The predicted molar refractivity (Wildman–Crippen MR) is 109 cm³/mol. The molecule has 1 atom stereocenters. The molecule has 0 saturated carbocycles. The molecule has 154 valence electrons. The zero-order chi connectivity index (χ0) is 17.9. The van der Waals surface area contributed by atoms with Gasteiger partial charge in [-0.05, 0) is 49.9 Å². The van der Waals surface area contributed by atoms with Crippen LogP contribution in [0.15, 0.2) is 18.2 Å². The Kier molecular flexibility index (Phi) is 9.75. The summed E-state index contributed by atoms with van der Waals surface area (Å²) in [7, 11) is 0. The maximum atomic E-state index is 13.2. The lowest BCUT2D eigenvalue weighted by atomic mass is 9.89. The van der Waals surface area contributed by atoms with Gasteiger partial charge in [-0.15, -0.1) is 24.8 Å². The Bertz CT molecular complexity index is 630. The lowest BCUT2D eigenvalue weighted by Crippen LogP contribution is -2.60. The molecule has 5 nitrogen and oxygen atoms in total. The van der Waals surface area contributed by atoms with Crippen molar-refractivity contribution in [1.29, 1.82) is 0 Å². The molecule has 3 N–H and O–H groups in total. The monoisotopic (exact) mass is 441 g/mol. The van der Waals surface area contributed by atoms with Crippen molar-refractivity contribution < 1.29 is 13.9 Å². The first-order valence-corrected chi connectivity index (χ1v) is 9.18. The van der Waals surface area contributed by atoms with Gasteiger partial charge in [0.25, 0.3) is 0 Å². The second-order valence-corrected chi connectivity index (χ2v) is 7.46. The molecule has 2 heterocycles. The first-order chi connectivity index (χ1) is 12.0. The molecule has 1 aromatic rings. The van der Waals surface area contributed by atoms with E-state index < -0.39 is 5.54 Å². The van der Waals surface area contributed by atoms with Crippen molar-refractivity contribution in [3.8, 4) is 0 Å². The summed E-state index contributed by atoms with van der Waals surface area (Å²) >= 11 is 6.12. The SMILES string of the molecule is Cl.Cl.NC1(C(=O)NC2CCCN(Cc3ccc(F)cc3Cl)C2)CCOCC1. The number of carbonyl (C=O) groups excluding carboxylic acids is 1. The normalized spacial score (nSPS) is 22.3. The number of nitrogens with two attached hydrogens (primary N) is 1. The van der Waals surface area contributed by atoms with Crippen molar-refractivity contribution >= 4 is 42.3 Å². The Morgan fingerprint density at radius 1 is 1.37 bits per heavy atom. The molecule has 0 aliphatic carbocycles. The summed E-state index contributed by atoms with van der Waals surface area (Å²) in [5.74, 6) is -0.412. The Labute approximate surface area is 176 Å². The van der Waals surface area contributed by atoms with Gasteiger partial charge in [0.1, 0.15) is 5.82 Å². The number of amides is 1. The molecular weight excluding hydrogens is 416 g/mol. The maximum Gasteiger partial charge on any atom is 0.240 e. The molecule has 0 radical (unpaired) electrons. The Morgan fingerprint density at radius 2 is 2.07 bits per heavy atom. The number of halogens is 4. The lowest BCUT2D eigenvalue weighted by molar-refractivity contribution is -0.130. The quantitative estimate of drug-likeness (QED) is 0.752. The summed E-state index contributed by atoms with van der Waals surface area (Å²) in [5, 5.41) is 3.55. The van der Waals surface area contributed by atoms with E-state index in [1.54, 1.807) is 6.07 Å². The van der Waals surface area contributed by atoms with Gasteiger partial charge >= 0.3 is 0 Å². The molecule has 0 spiro atoms. The van der Waals surface area contributed by atoms with Gasteiger partial charge in [0.2, 0.25) is 5.91 Å². The van der Waals surface area contributed by atoms with Gasteiger partial charge < -0.3 is 15.8 Å². The summed E-state index contributed by atoms with van der Waals surface area (Å²) in [6, 6.07) is 4.55. The number of ether oxygens (including phenoxy) is 1. The summed E-state index contributed by atoms with van der Waals surface area (Å²) < 4.78 is 18.5. The second kappa shape index (κ2) is 10.8. The van der Waals surface area contributed by atoms with E-state index in [0.29, 0.717) is 37.6 Å². The number of nitrogens with one attached hydrogen (secondary N) is 1. The number of hydrogen-bond acceptors (Lipinski definition) is 4. The second-order valence-electron chi connectivity index (χ2n) is 7.05. The van der Waals surface area contributed by atoms with Crippen molar-refractivity contribution in [3.63, 3.8) is 0 Å². The molecule has 0 bridgehead atoms. The number of piperidine rings is 1. The third-order valence-electron chi connectivity index (χ3n) is 5.09. The smallest absolute Gasteiger partial charge is 0.240 e. The zero-order valence-corrected chi connectivity index (χ0v) is 17.5. The Balaban J connectivity index is 0.00000182. The van der Waals surface area contributed by atoms with Crippen LogP contribution >= 0.6 is 36.4 Å². The van der Waals surface area contributed by atoms with E-state index in [4.69, 9.17) is 22.1 Å². The van der Waals surface area contributed by atoms with E-state index in [9.17, 15) is 9.18 Å². The number of nitrogens with zero attached hydrogens (tertiary/aromatic N) is 1. The van der Waals surface area contributed by atoms with Gasteiger partial charge in [-0.25, -0.2) is 4.39 Å². The largest absolute Gasteiger partial charge is 0.381 e. The fraction of sp³-hybridized carbons (Fsp3) is 0.611. The molecule has 2 fully saturated rings.